The fourth-order valence-electron chi connectivity index (χ4n) is 4.24. The van der Waals surface area contributed by atoms with Gasteiger partial charge >= 0.3 is 0 Å². The molecule has 2 aliphatic carbocycles. The summed E-state index contributed by atoms with van der Waals surface area (Å²) in [5, 5.41) is 6.78. The Kier molecular flexibility index (Phi) is 6.91. The fraction of sp³-hybridized carbons (Fsp3) is 0.762. The highest BCUT2D eigenvalue weighted by atomic mass is 16.5. The summed E-state index contributed by atoms with van der Waals surface area (Å²) >= 11 is 0. The Morgan fingerprint density at radius 2 is 1.81 bits per heavy atom. The van der Waals surface area contributed by atoms with E-state index in [1.165, 1.54) is 19.3 Å². The van der Waals surface area contributed by atoms with E-state index in [9.17, 15) is 9.59 Å². The van der Waals surface area contributed by atoms with Crippen LogP contribution in [0.1, 0.15) is 87.9 Å². The van der Waals surface area contributed by atoms with Crippen molar-refractivity contribution in [2.75, 3.05) is 6.54 Å². The molecule has 0 saturated heterocycles. The number of carbonyl (C=O) groups is 2. The maximum absolute atomic E-state index is 13.2. The molecular formula is C21H33N3O3. The van der Waals surface area contributed by atoms with Gasteiger partial charge in [0.1, 0.15) is 0 Å². The minimum atomic E-state index is -0.218. The Morgan fingerprint density at radius 1 is 1.15 bits per heavy atom. The van der Waals surface area contributed by atoms with Crippen molar-refractivity contribution in [2.45, 2.75) is 84.2 Å². The SMILES string of the molecule is CC(C)CNC(=O)c1cc(CN(C(=O)C2CCCC2)C2CCCCC2)on1. The molecule has 0 unspecified atom stereocenters. The number of carbonyl (C=O) groups excluding carboxylic acids is 2. The van der Waals surface area contributed by atoms with E-state index in [-0.39, 0.29) is 23.8 Å². The summed E-state index contributed by atoms with van der Waals surface area (Å²) in [6, 6.07) is 1.98. The largest absolute Gasteiger partial charge is 0.359 e. The van der Waals surface area contributed by atoms with E-state index in [1.807, 2.05) is 18.7 Å². The molecule has 0 aliphatic heterocycles. The van der Waals surface area contributed by atoms with Crippen LogP contribution < -0.4 is 5.32 Å². The summed E-state index contributed by atoms with van der Waals surface area (Å²) in [5.41, 5.74) is 0.294. The van der Waals surface area contributed by atoms with Gasteiger partial charge in [0.2, 0.25) is 5.91 Å². The van der Waals surface area contributed by atoms with Crippen molar-refractivity contribution in [2.24, 2.45) is 11.8 Å². The summed E-state index contributed by atoms with van der Waals surface area (Å²) < 4.78 is 5.42. The van der Waals surface area contributed by atoms with E-state index >= 15 is 0 Å². The van der Waals surface area contributed by atoms with Gasteiger partial charge < -0.3 is 14.7 Å². The molecule has 2 saturated carbocycles. The van der Waals surface area contributed by atoms with E-state index in [1.54, 1.807) is 6.07 Å². The van der Waals surface area contributed by atoms with Gasteiger partial charge in [-0.15, -0.1) is 0 Å². The molecule has 0 spiro atoms. The molecule has 1 aromatic rings. The number of nitrogens with one attached hydrogen (secondary N) is 1. The van der Waals surface area contributed by atoms with E-state index < -0.39 is 0 Å². The standard InChI is InChI=1S/C21H33N3O3/c1-15(2)13-22-20(25)19-12-18(27-23-19)14-24(17-10-4-3-5-11-17)21(26)16-8-6-7-9-16/h12,15-17H,3-11,13-14H2,1-2H3,(H,22,25). The quantitative estimate of drug-likeness (QED) is 0.784. The van der Waals surface area contributed by atoms with E-state index in [0.717, 1.165) is 38.5 Å². The van der Waals surface area contributed by atoms with Crippen molar-refractivity contribution in [3.8, 4) is 0 Å². The zero-order chi connectivity index (χ0) is 19.2. The first kappa shape index (κ1) is 19.9. The molecule has 1 heterocycles. The minimum Gasteiger partial charge on any atom is -0.359 e. The summed E-state index contributed by atoms with van der Waals surface area (Å²) in [6.07, 6.45) is 10.0. The van der Waals surface area contributed by atoms with E-state index in [2.05, 4.69) is 10.5 Å². The number of rotatable bonds is 7. The van der Waals surface area contributed by atoms with E-state index in [4.69, 9.17) is 4.52 Å². The van der Waals surface area contributed by atoms with Crippen LogP contribution in [-0.2, 0) is 11.3 Å². The Hall–Kier alpha value is -1.85. The van der Waals surface area contributed by atoms with Crippen molar-refractivity contribution < 1.29 is 14.1 Å². The Morgan fingerprint density at radius 3 is 2.48 bits per heavy atom. The van der Waals surface area contributed by atoms with Gasteiger partial charge in [-0.1, -0.05) is 51.1 Å². The minimum absolute atomic E-state index is 0.156. The molecule has 1 aromatic heterocycles. The third kappa shape index (κ3) is 5.33. The second-order valence-electron chi connectivity index (χ2n) is 8.52. The molecule has 150 valence electrons. The number of hydrogen-bond donors (Lipinski definition) is 1. The average Bonchev–Trinajstić information content (AvgIpc) is 3.36. The van der Waals surface area contributed by atoms with Gasteiger partial charge in [0.25, 0.3) is 5.91 Å². The smallest absolute Gasteiger partial charge is 0.273 e. The summed E-state index contributed by atoms with van der Waals surface area (Å²) in [4.78, 5) is 27.3. The van der Waals surface area contributed by atoms with Crippen molar-refractivity contribution >= 4 is 11.8 Å². The Labute approximate surface area is 162 Å². The Bertz CT molecular complexity index is 628. The van der Waals surface area contributed by atoms with Crippen LogP contribution >= 0.6 is 0 Å². The van der Waals surface area contributed by atoms with E-state index in [0.29, 0.717) is 30.5 Å². The molecule has 2 aliphatic rings. The third-order valence-corrected chi connectivity index (χ3v) is 5.79. The highest BCUT2D eigenvalue weighted by molar-refractivity contribution is 5.92. The molecule has 0 aromatic carbocycles. The maximum Gasteiger partial charge on any atom is 0.273 e. The molecular weight excluding hydrogens is 342 g/mol. The van der Waals surface area contributed by atoms with Gasteiger partial charge in [-0.3, -0.25) is 9.59 Å². The van der Waals surface area contributed by atoms with Crippen LogP contribution in [0.3, 0.4) is 0 Å². The lowest BCUT2D eigenvalue weighted by Crippen LogP contribution is -2.43. The molecule has 1 N–H and O–H groups in total. The van der Waals surface area contributed by atoms with Crippen LogP contribution in [0, 0.1) is 11.8 Å². The van der Waals surface area contributed by atoms with Crippen LogP contribution in [0.25, 0.3) is 0 Å². The molecule has 3 rings (SSSR count). The zero-order valence-corrected chi connectivity index (χ0v) is 16.7. The fourth-order valence-corrected chi connectivity index (χ4v) is 4.24. The first-order valence-corrected chi connectivity index (χ1v) is 10.6. The average molecular weight is 376 g/mol. The molecule has 6 nitrogen and oxygen atoms in total. The maximum atomic E-state index is 13.2. The number of aromatic nitrogens is 1. The highest BCUT2D eigenvalue weighted by Gasteiger charge is 2.33. The van der Waals surface area contributed by atoms with Gasteiger partial charge in [-0.05, 0) is 31.6 Å². The van der Waals surface area contributed by atoms with Gasteiger partial charge in [0, 0.05) is 24.6 Å². The number of hydrogen-bond acceptors (Lipinski definition) is 4. The lowest BCUT2D eigenvalue weighted by atomic mass is 9.92. The van der Waals surface area contributed by atoms with Gasteiger partial charge in [0.15, 0.2) is 11.5 Å². The summed E-state index contributed by atoms with van der Waals surface area (Å²) in [6.45, 7) is 5.12. The molecule has 0 bridgehead atoms. The molecule has 2 amide bonds. The third-order valence-electron chi connectivity index (χ3n) is 5.79. The molecule has 0 atom stereocenters. The van der Waals surface area contributed by atoms with Crippen molar-refractivity contribution in [3.05, 3.63) is 17.5 Å². The number of nitrogens with zero attached hydrogens (tertiary/aromatic N) is 2. The monoisotopic (exact) mass is 375 g/mol. The summed E-state index contributed by atoms with van der Waals surface area (Å²) in [7, 11) is 0. The van der Waals surface area contributed by atoms with Crippen LogP contribution in [0.5, 0.6) is 0 Å². The summed E-state index contributed by atoms with van der Waals surface area (Å²) in [5.74, 6) is 1.18. The van der Waals surface area contributed by atoms with Crippen molar-refractivity contribution in [1.29, 1.82) is 0 Å². The Balaban J connectivity index is 1.68. The first-order valence-electron chi connectivity index (χ1n) is 10.6. The lowest BCUT2D eigenvalue weighted by molar-refractivity contribution is -0.139. The highest BCUT2D eigenvalue weighted by Crippen LogP contribution is 2.31. The number of amides is 2. The first-order chi connectivity index (χ1) is 13.0. The van der Waals surface area contributed by atoms with Crippen LogP contribution in [0.15, 0.2) is 10.6 Å². The molecule has 27 heavy (non-hydrogen) atoms. The molecule has 6 heteroatoms. The predicted molar refractivity (Wildman–Crippen MR) is 103 cm³/mol. The normalized spacial score (nSPS) is 18.8. The second kappa shape index (κ2) is 9.38. The molecule has 0 radical (unpaired) electrons. The molecule has 2 fully saturated rings. The van der Waals surface area contributed by atoms with Crippen molar-refractivity contribution in [3.63, 3.8) is 0 Å². The predicted octanol–water partition coefficient (Wildman–Crippen LogP) is 3.91. The van der Waals surface area contributed by atoms with Gasteiger partial charge in [0.05, 0.1) is 6.54 Å². The van der Waals surface area contributed by atoms with Crippen LogP contribution in [-0.4, -0.2) is 34.5 Å². The van der Waals surface area contributed by atoms with Gasteiger partial charge in [-0.2, -0.15) is 0 Å². The van der Waals surface area contributed by atoms with Gasteiger partial charge in [-0.25, -0.2) is 0 Å². The zero-order valence-electron chi connectivity index (χ0n) is 16.7. The second-order valence-corrected chi connectivity index (χ2v) is 8.52. The van der Waals surface area contributed by atoms with Crippen LogP contribution in [0.2, 0.25) is 0 Å². The van der Waals surface area contributed by atoms with Crippen molar-refractivity contribution in [1.82, 2.24) is 15.4 Å². The van der Waals surface area contributed by atoms with Crippen LogP contribution in [0.4, 0.5) is 0 Å². The topological polar surface area (TPSA) is 75.4 Å². The lowest BCUT2D eigenvalue weighted by Gasteiger charge is -2.35.